The zero-order valence-corrected chi connectivity index (χ0v) is 16.4. The minimum absolute atomic E-state index is 0.130. The number of carbonyl (C=O) groups excluding carboxylic acids is 2. The number of hydrogen-bond donors (Lipinski definition) is 0. The summed E-state index contributed by atoms with van der Waals surface area (Å²) < 4.78 is 5.31. The second kappa shape index (κ2) is 10.2. The van der Waals surface area contributed by atoms with E-state index in [4.69, 9.17) is 4.74 Å². The van der Waals surface area contributed by atoms with Gasteiger partial charge in [0.2, 0.25) is 0 Å². The molecule has 1 aromatic rings. The average molecular weight is 347 g/mol. The summed E-state index contributed by atoms with van der Waals surface area (Å²) in [6.45, 7) is 8.29. The molecule has 0 fully saturated rings. The van der Waals surface area contributed by atoms with Gasteiger partial charge in [-0.15, -0.1) is 0 Å². The molecular weight excluding hydrogens is 314 g/mol. The van der Waals surface area contributed by atoms with Gasteiger partial charge in [0.05, 0.1) is 6.10 Å². The van der Waals surface area contributed by atoms with Gasteiger partial charge in [-0.05, 0) is 50.7 Å². The number of aryl methyl sites for hydroxylation is 1. The molecule has 1 aromatic carbocycles. The van der Waals surface area contributed by atoms with E-state index in [1.165, 1.54) is 11.1 Å². The van der Waals surface area contributed by atoms with E-state index in [0.29, 0.717) is 13.0 Å². The molecule has 0 bridgehead atoms. The third kappa shape index (κ3) is 5.58. The maximum absolute atomic E-state index is 12.2. The highest BCUT2D eigenvalue weighted by Gasteiger charge is 2.38. The van der Waals surface area contributed by atoms with Gasteiger partial charge in [-0.3, -0.25) is 0 Å². The first-order valence-corrected chi connectivity index (χ1v) is 9.42. The highest BCUT2D eigenvalue weighted by Crippen LogP contribution is 2.41. The number of hydrogen-bond acceptors (Lipinski definition) is 3. The number of ether oxygens (including phenoxy) is 1. The number of fused-ring (bicyclic) bond motifs is 1. The van der Waals surface area contributed by atoms with Gasteiger partial charge in [0, 0.05) is 25.4 Å². The van der Waals surface area contributed by atoms with E-state index in [-0.39, 0.29) is 17.6 Å². The van der Waals surface area contributed by atoms with Gasteiger partial charge in [-0.25, -0.2) is 4.79 Å². The predicted octanol–water partition coefficient (Wildman–Crippen LogP) is 4.74. The van der Waals surface area contributed by atoms with Crippen molar-refractivity contribution >= 4 is 12.4 Å². The number of likely N-dealkylation sites (N-methyl/N-ethyl adjacent to an activating group) is 1. The summed E-state index contributed by atoms with van der Waals surface area (Å²) in [6, 6.07) is 8.43. The molecule has 1 aliphatic rings. The minimum atomic E-state index is -0.298. The van der Waals surface area contributed by atoms with E-state index < -0.39 is 0 Å². The first kappa shape index (κ1) is 21.2. The molecule has 0 saturated heterocycles. The van der Waals surface area contributed by atoms with Gasteiger partial charge in [0.1, 0.15) is 6.29 Å². The molecule has 1 aliphatic carbocycles. The van der Waals surface area contributed by atoms with Crippen LogP contribution in [-0.2, 0) is 21.4 Å². The van der Waals surface area contributed by atoms with Gasteiger partial charge in [0.15, 0.2) is 0 Å². The van der Waals surface area contributed by atoms with E-state index in [1.807, 2.05) is 33.8 Å². The first-order chi connectivity index (χ1) is 12.0. The van der Waals surface area contributed by atoms with Crippen molar-refractivity contribution in [2.75, 3.05) is 13.6 Å². The quantitative estimate of drug-likeness (QED) is 0.698. The molecule has 25 heavy (non-hydrogen) atoms. The fourth-order valence-corrected chi connectivity index (χ4v) is 3.66. The molecule has 0 heterocycles. The SMILES string of the molecule is CC.CC(C)OC(=O)N(C)CC1(CCC=O)CCCc2ccccc21. The number of carbonyl (C=O) groups is 2. The zero-order valence-electron chi connectivity index (χ0n) is 16.4. The lowest BCUT2D eigenvalue weighted by molar-refractivity contribution is -0.108. The van der Waals surface area contributed by atoms with E-state index in [9.17, 15) is 9.59 Å². The maximum atomic E-state index is 12.2. The topological polar surface area (TPSA) is 46.6 Å². The molecule has 140 valence electrons. The second-order valence-corrected chi connectivity index (χ2v) is 6.78. The fraction of sp³-hybridized carbons (Fsp3) is 0.619. The summed E-state index contributed by atoms with van der Waals surface area (Å²) in [5.41, 5.74) is 2.48. The molecule has 1 atom stereocenters. The van der Waals surface area contributed by atoms with Gasteiger partial charge in [0.25, 0.3) is 0 Å². The van der Waals surface area contributed by atoms with Crippen LogP contribution in [0, 0.1) is 0 Å². The summed E-state index contributed by atoms with van der Waals surface area (Å²) in [5, 5.41) is 0. The Hall–Kier alpha value is -1.84. The monoisotopic (exact) mass is 347 g/mol. The van der Waals surface area contributed by atoms with Crippen molar-refractivity contribution in [3.05, 3.63) is 35.4 Å². The smallest absolute Gasteiger partial charge is 0.409 e. The lowest BCUT2D eigenvalue weighted by atomic mass is 9.67. The van der Waals surface area contributed by atoms with Gasteiger partial charge in [-0.1, -0.05) is 38.1 Å². The molecule has 4 nitrogen and oxygen atoms in total. The predicted molar refractivity (Wildman–Crippen MR) is 102 cm³/mol. The minimum Gasteiger partial charge on any atom is -0.447 e. The Morgan fingerprint density at radius 3 is 2.64 bits per heavy atom. The molecule has 0 aromatic heterocycles. The third-order valence-electron chi connectivity index (χ3n) is 4.62. The van der Waals surface area contributed by atoms with E-state index in [0.717, 1.165) is 32.0 Å². The first-order valence-electron chi connectivity index (χ1n) is 9.42. The van der Waals surface area contributed by atoms with Crippen LogP contribution in [0.15, 0.2) is 24.3 Å². The van der Waals surface area contributed by atoms with Crippen molar-refractivity contribution in [1.82, 2.24) is 4.90 Å². The summed E-state index contributed by atoms with van der Waals surface area (Å²) in [5.74, 6) is 0. The van der Waals surface area contributed by atoms with E-state index in [2.05, 4.69) is 18.2 Å². The van der Waals surface area contributed by atoms with Crippen molar-refractivity contribution < 1.29 is 14.3 Å². The van der Waals surface area contributed by atoms with Gasteiger partial charge >= 0.3 is 6.09 Å². The number of aldehydes is 1. The van der Waals surface area contributed by atoms with Crippen LogP contribution >= 0.6 is 0 Å². The molecule has 2 rings (SSSR count). The van der Waals surface area contributed by atoms with E-state index >= 15 is 0 Å². The summed E-state index contributed by atoms with van der Waals surface area (Å²) in [6.07, 6.45) is 4.99. The molecule has 1 amide bonds. The van der Waals surface area contributed by atoms with Gasteiger partial charge < -0.3 is 14.4 Å². The molecule has 0 N–H and O–H groups in total. The standard InChI is InChI=1S/C19H27NO3.C2H6/c1-15(2)23-18(22)20(3)14-19(12-7-13-21)11-6-9-16-8-4-5-10-17(16)19;1-2/h4-5,8,10,13,15H,6-7,9,11-12,14H2,1-3H3;1-2H3. The lowest BCUT2D eigenvalue weighted by Crippen LogP contribution is -2.44. The van der Waals surface area contributed by atoms with Crippen LogP contribution in [0.25, 0.3) is 0 Å². The van der Waals surface area contributed by atoms with Crippen molar-refractivity contribution in [2.24, 2.45) is 0 Å². The Bertz CT molecular complexity index is 556. The molecule has 4 heteroatoms. The van der Waals surface area contributed by atoms with Crippen LogP contribution in [-0.4, -0.2) is 37.0 Å². The van der Waals surface area contributed by atoms with Crippen LogP contribution in [0.3, 0.4) is 0 Å². The zero-order chi connectivity index (χ0) is 18.9. The normalized spacial score (nSPS) is 18.6. The highest BCUT2D eigenvalue weighted by molar-refractivity contribution is 5.67. The number of nitrogens with zero attached hydrogens (tertiary/aromatic N) is 1. The van der Waals surface area contributed by atoms with Gasteiger partial charge in [-0.2, -0.15) is 0 Å². The van der Waals surface area contributed by atoms with Crippen LogP contribution in [0.4, 0.5) is 4.79 Å². The Kier molecular flexibility index (Phi) is 8.67. The van der Waals surface area contributed by atoms with Crippen molar-refractivity contribution in [3.63, 3.8) is 0 Å². The van der Waals surface area contributed by atoms with Crippen LogP contribution in [0.2, 0.25) is 0 Å². The molecule has 0 aliphatic heterocycles. The Labute approximate surface area is 152 Å². The largest absolute Gasteiger partial charge is 0.447 e. The molecule has 0 spiro atoms. The Balaban J connectivity index is 0.00000151. The lowest BCUT2D eigenvalue weighted by Gasteiger charge is -2.41. The molecule has 0 saturated carbocycles. The number of benzene rings is 1. The van der Waals surface area contributed by atoms with E-state index in [1.54, 1.807) is 11.9 Å². The van der Waals surface area contributed by atoms with Crippen molar-refractivity contribution in [1.29, 1.82) is 0 Å². The summed E-state index contributed by atoms with van der Waals surface area (Å²) in [7, 11) is 1.78. The van der Waals surface area contributed by atoms with Crippen molar-refractivity contribution in [3.8, 4) is 0 Å². The number of rotatable bonds is 6. The molecule has 1 unspecified atom stereocenters. The third-order valence-corrected chi connectivity index (χ3v) is 4.62. The van der Waals surface area contributed by atoms with Crippen LogP contribution < -0.4 is 0 Å². The Morgan fingerprint density at radius 1 is 1.32 bits per heavy atom. The highest BCUT2D eigenvalue weighted by atomic mass is 16.6. The average Bonchev–Trinajstić information content (AvgIpc) is 2.61. The van der Waals surface area contributed by atoms with Crippen LogP contribution in [0.5, 0.6) is 0 Å². The van der Waals surface area contributed by atoms with Crippen LogP contribution in [0.1, 0.15) is 64.5 Å². The van der Waals surface area contributed by atoms with Crippen molar-refractivity contribution in [2.45, 2.75) is 71.3 Å². The fourth-order valence-electron chi connectivity index (χ4n) is 3.66. The maximum Gasteiger partial charge on any atom is 0.409 e. The second-order valence-electron chi connectivity index (χ2n) is 6.78. The molecular formula is C21H33NO3. The summed E-state index contributed by atoms with van der Waals surface area (Å²) in [4.78, 5) is 24.8. The Morgan fingerprint density at radius 2 is 2.00 bits per heavy atom. The molecule has 0 radical (unpaired) electrons. The summed E-state index contributed by atoms with van der Waals surface area (Å²) >= 11 is 0. The number of amides is 1.